The Morgan fingerprint density at radius 3 is 3.10 bits per heavy atom. The van der Waals surface area contributed by atoms with Gasteiger partial charge in [0.1, 0.15) is 0 Å². The van der Waals surface area contributed by atoms with Gasteiger partial charge >= 0.3 is 5.97 Å². The molecule has 1 N–H and O–H groups in total. The molecule has 104 valence electrons. The summed E-state index contributed by atoms with van der Waals surface area (Å²) in [5.74, 6) is -0.370. The van der Waals surface area contributed by atoms with Crippen LogP contribution in [0.15, 0.2) is 23.6 Å². The fourth-order valence-corrected chi connectivity index (χ4v) is 3.10. The van der Waals surface area contributed by atoms with Crippen LogP contribution in [0.4, 0.5) is 10.8 Å². The highest BCUT2D eigenvalue weighted by Crippen LogP contribution is 2.27. The highest BCUT2D eigenvalue weighted by molar-refractivity contribution is 7.14. The van der Waals surface area contributed by atoms with Crippen molar-refractivity contribution in [1.82, 2.24) is 4.98 Å². The molecule has 1 aliphatic rings. The van der Waals surface area contributed by atoms with E-state index in [0.29, 0.717) is 17.4 Å². The molecule has 0 aliphatic heterocycles. The zero-order chi connectivity index (χ0) is 13.9. The Morgan fingerprint density at radius 1 is 1.40 bits per heavy atom. The largest absolute Gasteiger partial charge is 0.461 e. The number of hydrogen-bond acceptors (Lipinski definition) is 5. The molecule has 0 radical (unpaired) electrons. The van der Waals surface area contributed by atoms with E-state index in [1.54, 1.807) is 12.3 Å². The number of rotatable bonds is 4. The highest BCUT2D eigenvalue weighted by atomic mass is 32.1. The predicted octanol–water partition coefficient (Wildman–Crippen LogP) is 3.55. The molecule has 3 rings (SSSR count). The minimum Gasteiger partial charge on any atom is -0.461 e. The van der Waals surface area contributed by atoms with E-state index in [-0.39, 0.29) is 5.97 Å². The minimum absolute atomic E-state index is 0.362. The lowest BCUT2D eigenvalue weighted by atomic mass is 10.1. The number of thiazole rings is 1. The predicted molar refractivity (Wildman–Crippen MR) is 79.8 cm³/mol. The number of benzene rings is 1. The number of aryl methyl sites for hydroxylation is 2. The van der Waals surface area contributed by atoms with Crippen LogP contribution in [0.25, 0.3) is 0 Å². The first-order valence-corrected chi connectivity index (χ1v) is 7.65. The van der Waals surface area contributed by atoms with Gasteiger partial charge in [-0.15, -0.1) is 11.3 Å². The Bertz CT molecular complexity index is 637. The molecule has 1 aromatic heterocycles. The maximum absolute atomic E-state index is 11.6. The Labute approximate surface area is 121 Å². The Morgan fingerprint density at radius 2 is 2.25 bits per heavy atom. The number of nitrogens with zero attached hydrogens (tertiary/aromatic N) is 1. The summed E-state index contributed by atoms with van der Waals surface area (Å²) in [5, 5.41) is 5.68. The molecule has 1 heterocycles. The second-order valence-electron chi connectivity index (χ2n) is 4.72. The van der Waals surface area contributed by atoms with Crippen LogP contribution in [0.5, 0.6) is 0 Å². The number of carbonyl (C=O) groups is 1. The van der Waals surface area contributed by atoms with Crippen LogP contribution >= 0.6 is 11.3 Å². The SMILES string of the molecule is CCOC(=O)c1csc(Nc2ccc3c(c2)CCC3)n1. The molecule has 0 spiro atoms. The number of ether oxygens (including phenoxy) is 1. The van der Waals surface area contributed by atoms with Gasteiger partial charge in [0.25, 0.3) is 0 Å². The molecule has 0 bridgehead atoms. The van der Waals surface area contributed by atoms with Gasteiger partial charge in [0, 0.05) is 11.1 Å². The van der Waals surface area contributed by atoms with Gasteiger partial charge in [0.15, 0.2) is 10.8 Å². The molecular weight excluding hydrogens is 272 g/mol. The van der Waals surface area contributed by atoms with E-state index in [1.165, 1.54) is 35.3 Å². The van der Waals surface area contributed by atoms with Crippen LogP contribution in [0.2, 0.25) is 0 Å². The van der Waals surface area contributed by atoms with E-state index >= 15 is 0 Å². The number of nitrogens with one attached hydrogen (secondary N) is 1. The molecular formula is C15H16N2O2S. The number of aromatic nitrogens is 1. The Hall–Kier alpha value is -1.88. The fraction of sp³-hybridized carbons (Fsp3) is 0.333. The maximum Gasteiger partial charge on any atom is 0.357 e. The van der Waals surface area contributed by atoms with Gasteiger partial charge in [-0.2, -0.15) is 0 Å². The standard InChI is InChI=1S/C15H16N2O2S/c1-2-19-14(18)13-9-20-15(17-13)16-12-7-6-10-4-3-5-11(10)8-12/h6-9H,2-5H2,1H3,(H,16,17). The monoisotopic (exact) mass is 288 g/mol. The van der Waals surface area contributed by atoms with E-state index in [4.69, 9.17) is 4.74 Å². The molecule has 1 aromatic carbocycles. The lowest BCUT2D eigenvalue weighted by Gasteiger charge is -2.05. The molecule has 0 saturated carbocycles. The lowest BCUT2D eigenvalue weighted by molar-refractivity contribution is 0.0520. The topological polar surface area (TPSA) is 51.2 Å². The van der Waals surface area contributed by atoms with E-state index in [1.807, 2.05) is 0 Å². The number of esters is 1. The summed E-state index contributed by atoms with van der Waals surface area (Å²) in [7, 11) is 0. The number of anilines is 2. The van der Waals surface area contributed by atoms with Gasteiger partial charge in [-0.25, -0.2) is 9.78 Å². The van der Waals surface area contributed by atoms with Crippen LogP contribution < -0.4 is 5.32 Å². The van der Waals surface area contributed by atoms with Crippen LogP contribution in [-0.2, 0) is 17.6 Å². The van der Waals surface area contributed by atoms with Gasteiger partial charge in [0.2, 0.25) is 0 Å². The first-order chi connectivity index (χ1) is 9.76. The number of carbonyl (C=O) groups excluding carboxylic acids is 1. The van der Waals surface area contributed by atoms with E-state index in [0.717, 1.165) is 12.1 Å². The number of fused-ring (bicyclic) bond motifs is 1. The quantitative estimate of drug-likeness (QED) is 0.874. The summed E-state index contributed by atoms with van der Waals surface area (Å²) in [6, 6.07) is 6.41. The van der Waals surface area contributed by atoms with Crippen molar-refractivity contribution in [3.05, 3.63) is 40.4 Å². The van der Waals surface area contributed by atoms with Crippen molar-refractivity contribution in [1.29, 1.82) is 0 Å². The first-order valence-electron chi connectivity index (χ1n) is 6.77. The molecule has 1 aliphatic carbocycles. The van der Waals surface area contributed by atoms with Gasteiger partial charge in [0.05, 0.1) is 6.61 Å². The van der Waals surface area contributed by atoms with Crippen molar-refractivity contribution in [2.24, 2.45) is 0 Å². The summed E-state index contributed by atoms with van der Waals surface area (Å²) in [5.41, 5.74) is 4.25. The minimum atomic E-state index is -0.370. The molecule has 0 unspecified atom stereocenters. The summed E-state index contributed by atoms with van der Waals surface area (Å²) < 4.78 is 4.93. The van der Waals surface area contributed by atoms with Crippen LogP contribution in [-0.4, -0.2) is 17.6 Å². The zero-order valence-electron chi connectivity index (χ0n) is 11.3. The fourth-order valence-electron chi connectivity index (χ4n) is 2.40. The lowest BCUT2D eigenvalue weighted by Crippen LogP contribution is -2.05. The summed E-state index contributed by atoms with van der Waals surface area (Å²) in [4.78, 5) is 15.8. The second-order valence-corrected chi connectivity index (χ2v) is 5.58. The molecule has 5 heteroatoms. The molecule has 0 amide bonds. The van der Waals surface area contributed by atoms with E-state index < -0.39 is 0 Å². The third-order valence-corrected chi connectivity index (χ3v) is 4.10. The third kappa shape index (κ3) is 2.67. The van der Waals surface area contributed by atoms with Crippen molar-refractivity contribution < 1.29 is 9.53 Å². The van der Waals surface area contributed by atoms with Gasteiger partial charge in [-0.1, -0.05) is 6.07 Å². The van der Waals surface area contributed by atoms with E-state index in [2.05, 4.69) is 28.5 Å². The van der Waals surface area contributed by atoms with Crippen molar-refractivity contribution in [2.75, 3.05) is 11.9 Å². The average Bonchev–Trinajstić information content (AvgIpc) is 3.07. The smallest absolute Gasteiger partial charge is 0.357 e. The van der Waals surface area contributed by atoms with Crippen molar-refractivity contribution in [2.45, 2.75) is 26.2 Å². The Balaban J connectivity index is 1.73. The summed E-state index contributed by atoms with van der Waals surface area (Å²) in [6.45, 7) is 2.15. The normalized spacial score (nSPS) is 13.1. The third-order valence-electron chi connectivity index (χ3n) is 3.34. The van der Waals surface area contributed by atoms with Crippen molar-refractivity contribution in [3.63, 3.8) is 0 Å². The maximum atomic E-state index is 11.6. The molecule has 4 nitrogen and oxygen atoms in total. The number of hydrogen-bond donors (Lipinski definition) is 1. The first kappa shape index (κ1) is 13.1. The van der Waals surface area contributed by atoms with E-state index in [9.17, 15) is 4.79 Å². The Kier molecular flexibility index (Phi) is 3.69. The van der Waals surface area contributed by atoms with Crippen molar-refractivity contribution in [3.8, 4) is 0 Å². The zero-order valence-corrected chi connectivity index (χ0v) is 12.1. The van der Waals surface area contributed by atoms with Gasteiger partial charge < -0.3 is 10.1 Å². The molecule has 2 aromatic rings. The molecule has 0 atom stereocenters. The second kappa shape index (κ2) is 5.63. The summed E-state index contributed by atoms with van der Waals surface area (Å²) in [6.07, 6.45) is 3.57. The van der Waals surface area contributed by atoms with Crippen LogP contribution in [0.1, 0.15) is 35.0 Å². The van der Waals surface area contributed by atoms with Gasteiger partial charge in [-0.3, -0.25) is 0 Å². The van der Waals surface area contributed by atoms with Crippen LogP contribution in [0, 0.1) is 0 Å². The average molecular weight is 288 g/mol. The van der Waals surface area contributed by atoms with Crippen molar-refractivity contribution >= 4 is 28.1 Å². The molecule has 0 saturated heterocycles. The molecule has 20 heavy (non-hydrogen) atoms. The molecule has 0 fully saturated rings. The van der Waals surface area contributed by atoms with Crippen LogP contribution in [0.3, 0.4) is 0 Å². The summed E-state index contributed by atoms with van der Waals surface area (Å²) >= 11 is 1.41. The highest BCUT2D eigenvalue weighted by Gasteiger charge is 2.13. The van der Waals surface area contributed by atoms with Gasteiger partial charge in [-0.05, 0) is 49.4 Å².